The van der Waals surface area contributed by atoms with Crippen LogP contribution in [0.15, 0.2) is 43.0 Å². The molecule has 0 saturated carbocycles. The number of ether oxygens (including phenoxy) is 1. The number of rotatable bonds is 3. The molecule has 2 rings (SSSR count). The molecule has 4 heteroatoms. The first-order chi connectivity index (χ1) is 9.17. The zero-order valence-electron chi connectivity index (χ0n) is 10.4. The van der Waals surface area contributed by atoms with Gasteiger partial charge in [0.2, 0.25) is 0 Å². The molecule has 0 atom stereocenters. The van der Waals surface area contributed by atoms with E-state index in [1.165, 1.54) is 7.11 Å². The summed E-state index contributed by atoms with van der Waals surface area (Å²) in [6.07, 6.45) is 1.55. The van der Waals surface area contributed by atoms with Gasteiger partial charge in [0.1, 0.15) is 0 Å². The number of pyridine rings is 1. The molecule has 19 heavy (non-hydrogen) atoms. The van der Waals surface area contributed by atoms with E-state index in [4.69, 9.17) is 16.3 Å². The van der Waals surface area contributed by atoms with Crippen LogP contribution >= 0.6 is 11.6 Å². The highest BCUT2D eigenvalue weighted by Crippen LogP contribution is 2.27. The van der Waals surface area contributed by atoms with E-state index < -0.39 is 5.97 Å². The number of hydrogen-bond donors (Lipinski definition) is 0. The van der Waals surface area contributed by atoms with E-state index in [9.17, 15) is 4.79 Å². The molecule has 0 radical (unpaired) electrons. The highest BCUT2D eigenvalue weighted by Gasteiger charge is 2.17. The maximum atomic E-state index is 11.8. The molecule has 1 aromatic carbocycles. The van der Waals surface area contributed by atoms with Gasteiger partial charge in [0.15, 0.2) is 0 Å². The molecule has 3 nitrogen and oxygen atoms in total. The van der Waals surface area contributed by atoms with Crippen molar-refractivity contribution in [3.63, 3.8) is 0 Å². The van der Waals surface area contributed by atoms with Crippen molar-refractivity contribution in [2.45, 2.75) is 0 Å². The summed E-state index contributed by atoms with van der Waals surface area (Å²) in [5.74, 6) is -0.469. The van der Waals surface area contributed by atoms with Gasteiger partial charge in [-0.3, -0.25) is 0 Å². The lowest BCUT2D eigenvalue weighted by molar-refractivity contribution is 0.0601. The quantitative estimate of drug-likeness (QED) is 0.798. The van der Waals surface area contributed by atoms with Gasteiger partial charge < -0.3 is 4.74 Å². The van der Waals surface area contributed by atoms with Gasteiger partial charge in [-0.15, -0.1) is 0 Å². The summed E-state index contributed by atoms with van der Waals surface area (Å²) >= 11 is 6.05. The Kier molecular flexibility index (Phi) is 3.97. The summed E-state index contributed by atoms with van der Waals surface area (Å²) in [7, 11) is 1.33. The number of nitrogens with zero attached hydrogens (tertiary/aromatic N) is 1. The SMILES string of the molecule is C=Cc1nc(-c2ccccc2)c(C(=O)OC)cc1Cl. The van der Waals surface area contributed by atoms with Crippen LogP contribution in [0.4, 0.5) is 0 Å². The Bertz CT molecular complexity index is 624. The second-order valence-electron chi connectivity index (χ2n) is 3.81. The molecule has 96 valence electrons. The van der Waals surface area contributed by atoms with E-state index >= 15 is 0 Å². The Balaban J connectivity index is 2.69. The third kappa shape index (κ3) is 2.66. The molecule has 0 fully saturated rings. The summed E-state index contributed by atoms with van der Waals surface area (Å²) in [6.45, 7) is 3.66. The normalized spacial score (nSPS) is 10.0. The largest absolute Gasteiger partial charge is 0.465 e. The first kappa shape index (κ1) is 13.3. The summed E-state index contributed by atoms with van der Waals surface area (Å²) in [5, 5.41) is 0.370. The fourth-order valence-electron chi connectivity index (χ4n) is 1.73. The van der Waals surface area contributed by atoms with Crippen LogP contribution in [0.25, 0.3) is 17.3 Å². The molecule has 0 aliphatic heterocycles. The smallest absolute Gasteiger partial charge is 0.340 e. The Hall–Kier alpha value is -2.13. The van der Waals surface area contributed by atoms with Crippen LogP contribution in [-0.4, -0.2) is 18.1 Å². The lowest BCUT2D eigenvalue weighted by Crippen LogP contribution is -2.06. The fourth-order valence-corrected chi connectivity index (χ4v) is 1.96. The maximum Gasteiger partial charge on any atom is 0.340 e. The zero-order chi connectivity index (χ0) is 13.8. The van der Waals surface area contributed by atoms with Crippen molar-refractivity contribution in [2.75, 3.05) is 7.11 Å². The van der Waals surface area contributed by atoms with Crippen molar-refractivity contribution in [2.24, 2.45) is 0 Å². The third-order valence-electron chi connectivity index (χ3n) is 2.65. The van der Waals surface area contributed by atoms with Crippen molar-refractivity contribution >= 4 is 23.6 Å². The Labute approximate surface area is 116 Å². The van der Waals surface area contributed by atoms with Gasteiger partial charge in [0.05, 0.1) is 29.1 Å². The second kappa shape index (κ2) is 5.67. The summed E-state index contributed by atoms with van der Waals surface area (Å²) in [4.78, 5) is 16.2. The van der Waals surface area contributed by atoms with Gasteiger partial charge >= 0.3 is 5.97 Å². The lowest BCUT2D eigenvalue weighted by atomic mass is 10.1. The standard InChI is InChI=1S/C15H12ClNO2/c1-3-13-12(16)9-11(15(18)19-2)14(17-13)10-7-5-4-6-8-10/h3-9H,1H2,2H3. The van der Waals surface area contributed by atoms with E-state index in [2.05, 4.69) is 11.6 Å². The van der Waals surface area contributed by atoms with E-state index in [-0.39, 0.29) is 0 Å². The van der Waals surface area contributed by atoms with Crippen molar-refractivity contribution in [1.29, 1.82) is 0 Å². The van der Waals surface area contributed by atoms with Crippen LogP contribution in [0.3, 0.4) is 0 Å². The Morgan fingerprint density at radius 1 is 1.37 bits per heavy atom. The molecule has 0 spiro atoms. The molecule has 0 aliphatic carbocycles. The van der Waals surface area contributed by atoms with Crippen molar-refractivity contribution in [3.8, 4) is 11.3 Å². The Morgan fingerprint density at radius 3 is 2.63 bits per heavy atom. The average Bonchev–Trinajstić information content (AvgIpc) is 2.47. The number of esters is 1. The van der Waals surface area contributed by atoms with E-state index in [0.717, 1.165) is 5.56 Å². The van der Waals surface area contributed by atoms with Gasteiger partial charge in [-0.05, 0) is 12.1 Å². The van der Waals surface area contributed by atoms with Crippen molar-refractivity contribution in [3.05, 3.63) is 59.3 Å². The molecular weight excluding hydrogens is 262 g/mol. The van der Waals surface area contributed by atoms with E-state index in [1.54, 1.807) is 12.1 Å². The monoisotopic (exact) mass is 273 g/mol. The van der Waals surface area contributed by atoms with Crippen LogP contribution in [0.5, 0.6) is 0 Å². The fraction of sp³-hybridized carbons (Fsp3) is 0.0667. The van der Waals surface area contributed by atoms with Gasteiger partial charge in [0, 0.05) is 5.56 Å². The second-order valence-corrected chi connectivity index (χ2v) is 4.22. The van der Waals surface area contributed by atoms with Crippen LogP contribution in [0.1, 0.15) is 16.1 Å². The molecule has 2 aromatic rings. The predicted octanol–water partition coefficient (Wildman–Crippen LogP) is 3.83. The number of methoxy groups -OCH3 is 1. The molecule has 0 amide bonds. The topological polar surface area (TPSA) is 39.2 Å². The van der Waals surface area contributed by atoms with Gasteiger partial charge in [-0.25, -0.2) is 9.78 Å². The third-order valence-corrected chi connectivity index (χ3v) is 2.95. The van der Waals surface area contributed by atoms with Crippen LogP contribution in [-0.2, 0) is 4.74 Å². The lowest BCUT2D eigenvalue weighted by Gasteiger charge is -2.09. The number of halogens is 1. The first-order valence-corrected chi connectivity index (χ1v) is 6.02. The molecule has 0 aliphatic rings. The first-order valence-electron chi connectivity index (χ1n) is 5.64. The predicted molar refractivity (Wildman–Crippen MR) is 76.1 cm³/mol. The summed E-state index contributed by atoms with van der Waals surface area (Å²) in [6, 6.07) is 10.9. The highest BCUT2D eigenvalue weighted by molar-refractivity contribution is 6.32. The number of carbonyl (C=O) groups excluding carboxylic acids is 1. The summed E-state index contributed by atoms with van der Waals surface area (Å²) in [5.41, 5.74) is 2.23. The van der Waals surface area contributed by atoms with Crippen LogP contribution in [0, 0.1) is 0 Å². The van der Waals surface area contributed by atoms with Gasteiger partial charge in [0.25, 0.3) is 0 Å². The van der Waals surface area contributed by atoms with E-state index in [0.29, 0.717) is 22.0 Å². The molecule has 1 heterocycles. The van der Waals surface area contributed by atoms with Crippen molar-refractivity contribution in [1.82, 2.24) is 4.98 Å². The van der Waals surface area contributed by atoms with Crippen LogP contribution in [0.2, 0.25) is 5.02 Å². The van der Waals surface area contributed by atoms with E-state index in [1.807, 2.05) is 30.3 Å². The van der Waals surface area contributed by atoms with Gasteiger partial charge in [-0.1, -0.05) is 48.5 Å². The number of benzene rings is 1. The minimum atomic E-state index is -0.469. The minimum absolute atomic E-state index is 0.337. The average molecular weight is 274 g/mol. The van der Waals surface area contributed by atoms with Crippen LogP contribution < -0.4 is 0 Å². The highest BCUT2D eigenvalue weighted by atomic mass is 35.5. The number of aromatic nitrogens is 1. The minimum Gasteiger partial charge on any atom is -0.465 e. The van der Waals surface area contributed by atoms with Crippen molar-refractivity contribution < 1.29 is 9.53 Å². The number of hydrogen-bond acceptors (Lipinski definition) is 3. The molecule has 0 N–H and O–H groups in total. The van der Waals surface area contributed by atoms with Gasteiger partial charge in [-0.2, -0.15) is 0 Å². The molecular formula is C15H12ClNO2. The Morgan fingerprint density at radius 2 is 2.05 bits per heavy atom. The number of carbonyl (C=O) groups is 1. The maximum absolute atomic E-state index is 11.8. The zero-order valence-corrected chi connectivity index (χ0v) is 11.1. The molecule has 0 unspecified atom stereocenters. The molecule has 0 bridgehead atoms. The molecule has 0 saturated heterocycles. The summed E-state index contributed by atoms with van der Waals surface area (Å²) < 4.78 is 4.76. The molecule has 1 aromatic heterocycles.